The summed E-state index contributed by atoms with van der Waals surface area (Å²) >= 11 is 5.86. The second kappa shape index (κ2) is 10.0. The third-order valence-corrected chi connectivity index (χ3v) is 4.59. The summed E-state index contributed by atoms with van der Waals surface area (Å²) in [7, 11) is 1.55. The topological polar surface area (TPSA) is 84.3 Å². The van der Waals surface area contributed by atoms with Crippen LogP contribution in [0.1, 0.15) is 24.8 Å². The predicted molar refractivity (Wildman–Crippen MR) is 114 cm³/mol. The van der Waals surface area contributed by atoms with E-state index in [0.717, 1.165) is 0 Å². The van der Waals surface area contributed by atoms with Crippen LogP contribution in [0.2, 0.25) is 5.02 Å². The molecule has 0 aliphatic heterocycles. The number of nitrogens with one attached hydrogen (secondary N) is 1. The lowest BCUT2D eigenvalue weighted by atomic mass is 10.1. The molecule has 0 aliphatic carbocycles. The summed E-state index contributed by atoms with van der Waals surface area (Å²) in [6.45, 7) is -0.443. The number of hydrogen-bond acceptors (Lipinski definition) is 6. The van der Waals surface area contributed by atoms with Crippen molar-refractivity contribution in [3.05, 3.63) is 53.1 Å². The van der Waals surface area contributed by atoms with Crippen LogP contribution < -0.4 is 10.1 Å². The molecule has 0 aliphatic rings. The molecule has 0 unspecified atom stereocenters. The van der Waals surface area contributed by atoms with E-state index in [0.29, 0.717) is 53.0 Å². The van der Waals surface area contributed by atoms with Crippen LogP contribution >= 0.6 is 11.6 Å². The van der Waals surface area contributed by atoms with Gasteiger partial charge in [-0.1, -0.05) is 23.4 Å². The number of hydrogen-bond donors (Lipinski definition) is 2. The summed E-state index contributed by atoms with van der Waals surface area (Å²) in [5.74, 6) is 6.45. The second-order valence-electron chi connectivity index (χ2n) is 6.40. The highest BCUT2D eigenvalue weighted by Crippen LogP contribution is 2.30. The minimum absolute atomic E-state index is 0.00580. The molecular weight excluding hydrogens is 409 g/mol. The molecule has 0 spiro atoms. The number of carbonyl (C=O) groups excluding carboxylic acids is 1. The van der Waals surface area contributed by atoms with Crippen LogP contribution in [0, 0.1) is 17.7 Å². The number of benzene rings is 2. The molecule has 6 nitrogen and oxygen atoms in total. The van der Waals surface area contributed by atoms with Crippen LogP contribution in [0.25, 0.3) is 10.9 Å². The number of ketones is 1. The Balaban J connectivity index is 1.90. The Hall–Kier alpha value is -3.21. The summed E-state index contributed by atoms with van der Waals surface area (Å²) in [6, 6.07) is 7.89. The van der Waals surface area contributed by atoms with E-state index in [1.807, 2.05) is 6.07 Å². The molecule has 0 saturated heterocycles. The highest BCUT2D eigenvalue weighted by Gasteiger charge is 2.10. The first-order valence-corrected chi connectivity index (χ1v) is 9.56. The summed E-state index contributed by atoms with van der Waals surface area (Å²) < 4.78 is 18.8. The zero-order chi connectivity index (χ0) is 21.5. The Bertz CT molecular complexity index is 1140. The van der Waals surface area contributed by atoms with Gasteiger partial charge in [0.2, 0.25) is 0 Å². The lowest BCUT2D eigenvalue weighted by Crippen LogP contribution is -2.02. The van der Waals surface area contributed by atoms with Gasteiger partial charge in [-0.25, -0.2) is 14.4 Å². The molecule has 2 aromatic carbocycles. The van der Waals surface area contributed by atoms with Crippen molar-refractivity contribution in [1.82, 2.24) is 9.97 Å². The van der Waals surface area contributed by atoms with E-state index < -0.39 is 12.4 Å². The molecule has 0 bridgehead atoms. The first-order valence-electron chi connectivity index (χ1n) is 9.18. The number of methoxy groups -OCH3 is 1. The summed E-state index contributed by atoms with van der Waals surface area (Å²) in [5.41, 5.74) is 1.88. The van der Waals surface area contributed by atoms with Crippen molar-refractivity contribution in [3.8, 4) is 17.6 Å². The zero-order valence-electron chi connectivity index (χ0n) is 16.2. The van der Waals surface area contributed by atoms with E-state index in [2.05, 4.69) is 27.1 Å². The number of rotatable bonds is 7. The van der Waals surface area contributed by atoms with Gasteiger partial charge in [0.05, 0.1) is 23.2 Å². The van der Waals surface area contributed by atoms with Crippen LogP contribution in [0.5, 0.6) is 5.75 Å². The van der Waals surface area contributed by atoms with E-state index in [1.54, 1.807) is 19.2 Å². The molecule has 0 atom stereocenters. The number of aliphatic hydroxyl groups is 1. The number of halogens is 2. The Morgan fingerprint density at radius 2 is 2.13 bits per heavy atom. The Morgan fingerprint density at radius 3 is 2.87 bits per heavy atom. The fraction of sp³-hybridized carbons (Fsp3) is 0.227. The van der Waals surface area contributed by atoms with E-state index in [9.17, 15) is 9.18 Å². The number of aromatic nitrogens is 2. The quantitative estimate of drug-likeness (QED) is 0.433. The van der Waals surface area contributed by atoms with E-state index in [4.69, 9.17) is 21.4 Å². The molecule has 0 saturated carbocycles. The van der Waals surface area contributed by atoms with Gasteiger partial charge in [-0.05, 0) is 30.7 Å². The molecule has 0 fully saturated rings. The lowest BCUT2D eigenvalue weighted by Gasteiger charge is -2.11. The van der Waals surface area contributed by atoms with E-state index in [-0.39, 0.29) is 10.8 Å². The van der Waals surface area contributed by atoms with Crippen molar-refractivity contribution in [2.45, 2.75) is 19.3 Å². The Labute approximate surface area is 178 Å². The highest BCUT2D eigenvalue weighted by atomic mass is 35.5. The molecule has 3 aromatic rings. The normalized spacial score (nSPS) is 10.4. The first kappa shape index (κ1) is 21.5. The van der Waals surface area contributed by atoms with Gasteiger partial charge in [0.25, 0.3) is 0 Å². The standard InChI is InChI=1S/C22H19ClFN3O3/c1-30-21-11-20-17(9-14(21)5-3-2-4-6-16(29)12-28)22(26-13-25-20)27-15-7-8-19(24)18(23)10-15/h7-11,13,28H,2,4,6,12H2,1H3,(H,25,26,27). The van der Waals surface area contributed by atoms with Crippen molar-refractivity contribution in [3.63, 3.8) is 0 Å². The Kier molecular flexibility index (Phi) is 7.17. The van der Waals surface area contributed by atoms with Gasteiger partial charge >= 0.3 is 0 Å². The number of anilines is 2. The number of fused-ring (bicyclic) bond motifs is 1. The van der Waals surface area contributed by atoms with Crippen molar-refractivity contribution in [2.24, 2.45) is 0 Å². The second-order valence-corrected chi connectivity index (χ2v) is 6.81. The molecule has 3 rings (SSSR count). The van der Waals surface area contributed by atoms with E-state index >= 15 is 0 Å². The monoisotopic (exact) mass is 427 g/mol. The smallest absolute Gasteiger partial charge is 0.158 e. The molecule has 2 N–H and O–H groups in total. The maximum atomic E-state index is 13.4. The fourth-order valence-corrected chi connectivity index (χ4v) is 2.95. The average Bonchev–Trinajstić information content (AvgIpc) is 2.75. The van der Waals surface area contributed by atoms with Gasteiger partial charge < -0.3 is 15.2 Å². The van der Waals surface area contributed by atoms with Crippen molar-refractivity contribution >= 4 is 39.8 Å². The van der Waals surface area contributed by atoms with E-state index in [1.165, 1.54) is 18.5 Å². The van der Waals surface area contributed by atoms with Crippen molar-refractivity contribution < 1.29 is 19.0 Å². The van der Waals surface area contributed by atoms with Gasteiger partial charge in [-0.15, -0.1) is 0 Å². The van der Waals surface area contributed by atoms with Crippen LogP contribution in [-0.2, 0) is 4.79 Å². The summed E-state index contributed by atoms with van der Waals surface area (Å²) in [6.07, 6.45) is 2.79. The first-order chi connectivity index (χ1) is 14.5. The largest absolute Gasteiger partial charge is 0.495 e. The zero-order valence-corrected chi connectivity index (χ0v) is 17.0. The van der Waals surface area contributed by atoms with Gasteiger partial charge in [0.1, 0.15) is 30.3 Å². The van der Waals surface area contributed by atoms with Crippen LogP contribution in [0.4, 0.5) is 15.9 Å². The molecule has 8 heteroatoms. The number of nitrogens with zero attached hydrogens (tertiary/aromatic N) is 2. The molecular formula is C22H19ClFN3O3. The maximum Gasteiger partial charge on any atom is 0.158 e. The Morgan fingerprint density at radius 1 is 1.30 bits per heavy atom. The number of Topliss-reactive ketones (excluding diaryl/α,β-unsaturated/α-hetero) is 1. The third kappa shape index (κ3) is 5.23. The number of ether oxygens (including phenoxy) is 1. The molecule has 0 amide bonds. The number of unbranched alkanes of at least 4 members (excludes halogenated alkanes) is 1. The minimum atomic E-state index is -0.502. The number of aliphatic hydroxyl groups excluding tert-OH is 1. The van der Waals surface area contributed by atoms with Crippen LogP contribution in [0.3, 0.4) is 0 Å². The number of carbonyl (C=O) groups is 1. The molecule has 0 radical (unpaired) electrons. The van der Waals surface area contributed by atoms with Gasteiger partial charge in [-0.3, -0.25) is 4.79 Å². The molecule has 154 valence electrons. The average molecular weight is 428 g/mol. The SMILES string of the molecule is COc1cc2ncnc(Nc3ccc(F)c(Cl)c3)c2cc1C#CCCCC(=O)CO. The third-order valence-electron chi connectivity index (χ3n) is 4.30. The van der Waals surface area contributed by atoms with Gasteiger partial charge in [-0.2, -0.15) is 0 Å². The van der Waals surface area contributed by atoms with Crippen molar-refractivity contribution in [2.75, 3.05) is 19.0 Å². The van der Waals surface area contributed by atoms with Crippen molar-refractivity contribution in [1.29, 1.82) is 0 Å². The predicted octanol–water partition coefficient (Wildman–Crippen LogP) is 4.26. The highest BCUT2D eigenvalue weighted by molar-refractivity contribution is 6.31. The summed E-state index contributed by atoms with van der Waals surface area (Å²) in [4.78, 5) is 19.7. The molecule has 1 heterocycles. The molecule has 30 heavy (non-hydrogen) atoms. The summed E-state index contributed by atoms with van der Waals surface area (Å²) in [5, 5.41) is 12.6. The van der Waals surface area contributed by atoms with Crippen LogP contribution in [0.15, 0.2) is 36.7 Å². The van der Waals surface area contributed by atoms with Gasteiger partial charge in [0, 0.05) is 30.0 Å². The van der Waals surface area contributed by atoms with Gasteiger partial charge in [0.15, 0.2) is 5.78 Å². The fourth-order valence-electron chi connectivity index (χ4n) is 2.77. The minimum Gasteiger partial charge on any atom is -0.495 e. The maximum absolute atomic E-state index is 13.4. The lowest BCUT2D eigenvalue weighted by molar-refractivity contribution is -0.121. The van der Waals surface area contributed by atoms with Crippen LogP contribution in [-0.4, -0.2) is 34.6 Å². The molecule has 1 aromatic heterocycles.